The van der Waals surface area contributed by atoms with Gasteiger partial charge in [0.25, 0.3) is 0 Å². The number of benzene rings is 4. The van der Waals surface area contributed by atoms with E-state index in [1.807, 2.05) is 86.6 Å². The minimum Gasteiger partial charge on any atom is -0.374 e. The summed E-state index contributed by atoms with van der Waals surface area (Å²) in [4.78, 5) is 0. The monoisotopic (exact) mass is 738 g/mol. The highest BCUT2D eigenvalue weighted by Crippen LogP contribution is 2.35. The molecule has 0 bridgehead atoms. The Kier molecular flexibility index (Phi) is 15.7. The molecule has 2 fully saturated rings. The molecule has 290 valence electrons. The lowest BCUT2D eigenvalue weighted by molar-refractivity contribution is -0.329. The summed E-state index contributed by atoms with van der Waals surface area (Å²) in [7, 11) is 0. The fourth-order valence-electron chi connectivity index (χ4n) is 7.18. The van der Waals surface area contributed by atoms with E-state index in [-0.39, 0.29) is 18.8 Å². The van der Waals surface area contributed by atoms with Gasteiger partial charge in [0.1, 0.15) is 24.4 Å². The van der Waals surface area contributed by atoms with Gasteiger partial charge in [-0.05, 0) is 48.9 Å². The van der Waals surface area contributed by atoms with Gasteiger partial charge in [-0.2, -0.15) is 0 Å². The Hall–Kier alpha value is -3.44. The molecule has 2 aliphatic heterocycles. The van der Waals surface area contributed by atoms with E-state index in [1.165, 1.54) is 6.42 Å². The molecule has 7 unspecified atom stereocenters. The third-order valence-corrected chi connectivity index (χ3v) is 9.90. The second-order valence-electron chi connectivity index (χ2n) is 14.7. The fourth-order valence-corrected chi connectivity index (χ4v) is 7.18. The first-order chi connectivity index (χ1) is 26.5. The zero-order valence-corrected chi connectivity index (χ0v) is 32.1. The average molecular weight is 739 g/mol. The number of hydrogen-bond acceptors (Lipinski definition) is 8. The molecule has 6 rings (SSSR count). The molecular formula is C46H58O8. The fraction of sp³-hybridized carbons (Fsp3) is 0.478. The lowest BCUT2D eigenvalue weighted by Gasteiger charge is -2.46. The van der Waals surface area contributed by atoms with Crippen molar-refractivity contribution >= 4 is 0 Å². The van der Waals surface area contributed by atoms with Gasteiger partial charge in [0.15, 0.2) is 12.1 Å². The van der Waals surface area contributed by atoms with Gasteiger partial charge in [0, 0.05) is 0 Å². The maximum atomic E-state index is 6.87. The Morgan fingerprint density at radius 2 is 0.963 bits per heavy atom. The molecule has 2 aliphatic rings. The predicted octanol–water partition coefficient (Wildman–Crippen LogP) is 9.19. The maximum Gasteiger partial charge on any atom is 0.186 e. The summed E-state index contributed by atoms with van der Waals surface area (Å²) in [6, 6.07) is 40.6. The lowest BCUT2D eigenvalue weighted by Crippen LogP contribution is -2.61. The Bertz CT molecular complexity index is 1590. The zero-order chi connectivity index (χ0) is 37.4. The summed E-state index contributed by atoms with van der Waals surface area (Å²) >= 11 is 0. The molecular weight excluding hydrogens is 680 g/mol. The van der Waals surface area contributed by atoms with Crippen molar-refractivity contribution in [2.75, 3.05) is 13.2 Å². The van der Waals surface area contributed by atoms with Crippen LogP contribution in [0.15, 0.2) is 121 Å². The SMILES string of the molecule is CCCCCC1OC(C)(C)OC1CCOC1OC(COCc2ccccc2)C(OCc2ccccc2)C(OCc2ccccc2)C1OCc1ccccc1. The molecule has 0 spiro atoms. The standard InChI is InChI=1S/C46H58O8/c1-4-5-10-27-39-40(54-46(2,3)53-39)28-29-48-45-44(51-33-38-25-17-9-18-26-38)43(50-32-37-23-15-8-16-24-37)42(49-31-36-21-13-7-14-22-36)41(52-45)34-47-30-35-19-11-6-12-20-35/h6-9,11-26,39-45H,4-5,10,27-34H2,1-3H3. The van der Waals surface area contributed by atoms with Crippen LogP contribution in [0.3, 0.4) is 0 Å². The van der Waals surface area contributed by atoms with Crippen LogP contribution in [-0.4, -0.2) is 61.9 Å². The predicted molar refractivity (Wildman–Crippen MR) is 208 cm³/mol. The molecule has 2 heterocycles. The smallest absolute Gasteiger partial charge is 0.186 e. The minimum atomic E-state index is -0.759. The maximum absolute atomic E-state index is 6.87. The van der Waals surface area contributed by atoms with E-state index in [1.54, 1.807) is 0 Å². The molecule has 0 aliphatic carbocycles. The average Bonchev–Trinajstić information content (AvgIpc) is 3.50. The van der Waals surface area contributed by atoms with Crippen LogP contribution in [0.2, 0.25) is 0 Å². The number of unbranched alkanes of at least 4 members (excludes halogenated alkanes) is 2. The molecule has 54 heavy (non-hydrogen) atoms. The van der Waals surface area contributed by atoms with Gasteiger partial charge in [-0.1, -0.05) is 148 Å². The van der Waals surface area contributed by atoms with Crippen LogP contribution in [0, 0.1) is 0 Å². The molecule has 4 aromatic rings. The van der Waals surface area contributed by atoms with E-state index in [0.29, 0.717) is 39.5 Å². The topological polar surface area (TPSA) is 73.8 Å². The van der Waals surface area contributed by atoms with Gasteiger partial charge in [0.2, 0.25) is 0 Å². The van der Waals surface area contributed by atoms with Crippen LogP contribution >= 0.6 is 0 Å². The van der Waals surface area contributed by atoms with Gasteiger partial charge in [-0.15, -0.1) is 0 Å². The molecule has 8 heteroatoms. The first-order valence-electron chi connectivity index (χ1n) is 19.7. The van der Waals surface area contributed by atoms with Crippen LogP contribution < -0.4 is 0 Å². The van der Waals surface area contributed by atoms with Gasteiger partial charge in [-0.25, -0.2) is 0 Å². The highest BCUT2D eigenvalue weighted by Gasteiger charge is 2.49. The Morgan fingerprint density at radius 1 is 0.500 bits per heavy atom. The summed E-state index contributed by atoms with van der Waals surface area (Å²) in [6.07, 6.45) is 2.04. The van der Waals surface area contributed by atoms with Crippen molar-refractivity contribution in [2.24, 2.45) is 0 Å². The quantitative estimate of drug-likeness (QED) is 0.0784. The summed E-state index contributed by atoms with van der Waals surface area (Å²) in [6.45, 7) is 8.40. The first kappa shape index (κ1) is 40.2. The largest absolute Gasteiger partial charge is 0.374 e. The van der Waals surface area contributed by atoms with Crippen molar-refractivity contribution in [3.8, 4) is 0 Å². The second-order valence-corrected chi connectivity index (χ2v) is 14.7. The van der Waals surface area contributed by atoms with E-state index in [4.69, 9.17) is 37.9 Å². The first-order valence-corrected chi connectivity index (χ1v) is 19.7. The van der Waals surface area contributed by atoms with Gasteiger partial charge < -0.3 is 37.9 Å². The number of hydrogen-bond donors (Lipinski definition) is 0. The molecule has 0 N–H and O–H groups in total. The molecule has 4 aromatic carbocycles. The number of ether oxygens (including phenoxy) is 8. The van der Waals surface area contributed by atoms with E-state index in [0.717, 1.165) is 41.5 Å². The molecule has 8 nitrogen and oxygen atoms in total. The molecule has 2 saturated heterocycles. The summed E-state index contributed by atoms with van der Waals surface area (Å²) in [5.74, 6) is -0.634. The Labute approximate surface area is 322 Å². The normalized spacial score (nSPS) is 25.1. The van der Waals surface area contributed by atoms with Crippen LogP contribution in [0.1, 0.15) is 75.1 Å². The van der Waals surface area contributed by atoms with E-state index < -0.39 is 36.5 Å². The third kappa shape index (κ3) is 12.3. The molecule has 0 saturated carbocycles. The highest BCUT2D eigenvalue weighted by molar-refractivity contribution is 5.16. The molecule has 0 amide bonds. The van der Waals surface area contributed by atoms with Crippen molar-refractivity contribution in [3.63, 3.8) is 0 Å². The van der Waals surface area contributed by atoms with E-state index in [2.05, 4.69) is 55.5 Å². The van der Waals surface area contributed by atoms with E-state index >= 15 is 0 Å². The molecule has 7 atom stereocenters. The highest BCUT2D eigenvalue weighted by atomic mass is 16.8. The van der Waals surface area contributed by atoms with Crippen molar-refractivity contribution in [2.45, 2.75) is 128 Å². The van der Waals surface area contributed by atoms with Crippen LogP contribution in [0.4, 0.5) is 0 Å². The summed E-state index contributed by atoms with van der Waals surface area (Å²) in [5.41, 5.74) is 4.23. The summed E-state index contributed by atoms with van der Waals surface area (Å²) < 4.78 is 53.1. The van der Waals surface area contributed by atoms with Gasteiger partial charge in [-0.3, -0.25) is 0 Å². The molecule has 0 radical (unpaired) electrons. The van der Waals surface area contributed by atoms with Crippen molar-refractivity contribution in [3.05, 3.63) is 144 Å². The van der Waals surface area contributed by atoms with Crippen molar-refractivity contribution < 1.29 is 37.9 Å². The van der Waals surface area contributed by atoms with Gasteiger partial charge >= 0.3 is 0 Å². The minimum absolute atomic E-state index is 0.0180. The second kappa shape index (κ2) is 21.0. The third-order valence-electron chi connectivity index (χ3n) is 9.90. The number of rotatable bonds is 21. The zero-order valence-electron chi connectivity index (χ0n) is 32.1. The summed E-state index contributed by atoms with van der Waals surface area (Å²) in [5, 5.41) is 0. The van der Waals surface area contributed by atoms with E-state index in [9.17, 15) is 0 Å². The lowest BCUT2D eigenvalue weighted by atomic mass is 9.97. The van der Waals surface area contributed by atoms with Crippen molar-refractivity contribution in [1.82, 2.24) is 0 Å². The Morgan fingerprint density at radius 3 is 1.48 bits per heavy atom. The van der Waals surface area contributed by atoms with Crippen LogP contribution in [0.25, 0.3) is 0 Å². The van der Waals surface area contributed by atoms with Gasteiger partial charge in [0.05, 0.1) is 51.8 Å². The Balaban J connectivity index is 1.25. The van der Waals surface area contributed by atoms with Crippen LogP contribution in [0.5, 0.6) is 0 Å². The molecule has 0 aromatic heterocycles. The van der Waals surface area contributed by atoms with Crippen LogP contribution in [-0.2, 0) is 64.3 Å². The van der Waals surface area contributed by atoms with Crippen molar-refractivity contribution in [1.29, 1.82) is 0 Å².